The van der Waals surface area contributed by atoms with Gasteiger partial charge in [-0.05, 0) is 54.8 Å². The average Bonchev–Trinajstić information content (AvgIpc) is 3.08. The molecule has 2 N–H and O–H groups in total. The van der Waals surface area contributed by atoms with Crippen molar-refractivity contribution in [2.75, 3.05) is 6.54 Å². The third kappa shape index (κ3) is 2.22. The zero-order valence-electron chi connectivity index (χ0n) is 12.4. The fourth-order valence-electron chi connectivity index (χ4n) is 4.39. The summed E-state index contributed by atoms with van der Waals surface area (Å²) in [5.41, 5.74) is 2.71. The lowest BCUT2D eigenvalue weighted by Gasteiger charge is -2.19. The normalized spacial score (nSPS) is 29.3. The molecule has 0 bridgehead atoms. The zero-order valence-corrected chi connectivity index (χ0v) is 12.4. The number of aromatic nitrogens is 1. The van der Waals surface area contributed by atoms with E-state index in [0.29, 0.717) is 11.6 Å². The van der Waals surface area contributed by atoms with Crippen molar-refractivity contribution in [2.45, 2.75) is 38.6 Å². The van der Waals surface area contributed by atoms with Gasteiger partial charge in [-0.3, -0.25) is 4.98 Å². The Morgan fingerprint density at radius 1 is 1.33 bits per heavy atom. The van der Waals surface area contributed by atoms with Crippen molar-refractivity contribution >= 4 is 11.1 Å². The van der Waals surface area contributed by atoms with Crippen LogP contribution in [0, 0.1) is 17.8 Å². The number of rotatable bonds is 4. The van der Waals surface area contributed by atoms with Gasteiger partial charge in [0.15, 0.2) is 5.58 Å². The molecule has 2 aliphatic carbocycles. The van der Waals surface area contributed by atoms with Crippen molar-refractivity contribution in [3.8, 4) is 0 Å². The maximum Gasteiger partial charge on any atom is 0.417 e. The first-order valence-corrected chi connectivity index (χ1v) is 8.14. The molecular formula is C17H22N2O2. The predicted molar refractivity (Wildman–Crippen MR) is 82.2 cm³/mol. The molecule has 3 atom stereocenters. The van der Waals surface area contributed by atoms with Crippen LogP contribution in [-0.2, 0) is 0 Å². The first-order valence-electron chi connectivity index (χ1n) is 8.14. The van der Waals surface area contributed by atoms with Crippen LogP contribution in [0.3, 0.4) is 0 Å². The molecule has 2 aliphatic rings. The van der Waals surface area contributed by atoms with Crippen molar-refractivity contribution in [3.05, 3.63) is 34.3 Å². The molecule has 1 aromatic heterocycles. The lowest BCUT2D eigenvalue weighted by molar-refractivity contribution is 0.456. The second-order valence-electron chi connectivity index (χ2n) is 6.49. The Balaban J connectivity index is 1.67. The topological polar surface area (TPSA) is 58.0 Å². The van der Waals surface area contributed by atoms with Crippen LogP contribution in [0.4, 0.5) is 0 Å². The predicted octanol–water partition coefficient (Wildman–Crippen LogP) is 3.21. The number of benzene rings is 1. The maximum absolute atomic E-state index is 11.3. The monoisotopic (exact) mass is 286 g/mol. The second kappa shape index (κ2) is 5.02. The largest absolute Gasteiger partial charge is 0.417 e. The number of nitrogens with one attached hydrogen (secondary N) is 2. The summed E-state index contributed by atoms with van der Waals surface area (Å²) in [4.78, 5) is 14.0. The summed E-state index contributed by atoms with van der Waals surface area (Å²) < 4.78 is 5.22. The van der Waals surface area contributed by atoms with E-state index in [0.717, 1.165) is 29.8 Å². The van der Waals surface area contributed by atoms with Gasteiger partial charge in [0.05, 0.1) is 5.52 Å². The Bertz CT molecular complexity index is 690. The summed E-state index contributed by atoms with van der Waals surface area (Å²) >= 11 is 0. The molecule has 0 aliphatic heterocycles. The highest BCUT2D eigenvalue weighted by atomic mass is 16.4. The van der Waals surface area contributed by atoms with E-state index in [1.54, 1.807) is 0 Å². The Hall–Kier alpha value is -1.55. The quantitative estimate of drug-likeness (QED) is 0.907. The summed E-state index contributed by atoms with van der Waals surface area (Å²) in [5.74, 6) is 2.19. The molecular weight excluding hydrogens is 264 g/mol. The van der Waals surface area contributed by atoms with E-state index in [4.69, 9.17) is 4.42 Å². The Morgan fingerprint density at radius 3 is 2.81 bits per heavy atom. The summed E-state index contributed by atoms with van der Waals surface area (Å²) in [5, 5.41) is 3.66. The van der Waals surface area contributed by atoms with Crippen LogP contribution >= 0.6 is 0 Å². The standard InChI is InChI=1S/C17H22N2O2/c1-2-18-16(15-11-5-3-4-6-12(11)15)10-7-8-13-14(9-10)21-17(20)19-13/h7-9,11-12,15-16,18H,2-6H2,1H3,(H,19,20). The molecule has 4 rings (SSSR count). The van der Waals surface area contributed by atoms with Crippen LogP contribution < -0.4 is 11.1 Å². The maximum atomic E-state index is 11.3. The van der Waals surface area contributed by atoms with Crippen LogP contribution in [0.2, 0.25) is 0 Å². The smallest absolute Gasteiger partial charge is 0.408 e. The lowest BCUT2D eigenvalue weighted by atomic mass is 9.99. The minimum absolute atomic E-state index is 0.373. The third-order valence-corrected chi connectivity index (χ3v) is 5.34. The molecule has 0 spiro atoms. The van der Waals surface area contributed by atoms with Crippen molar-refractivity contribution in [3.63, 3.8) is 0 Å². The van der Waals surface area contributed by atoms with Crippen molar-refractivity contribution in [1.29, 1.82) is 0 Å². The van der Waals surface area contributed by atoms with Gasteiger partial charge in [0.1, 0.15) is 0 Å². The van der Waals surface area contributed by atoms with Crippen LogP contribution in [-0.4, -0.2) is 11.5 Å². The molecule has 0 saturated heterocycles. The summed E-state index contributed by atoms with van der Waals surface area (Å²) in [7, 11) is 0. The highest BCUT2D eigenvalue weighted by molar-refractivity contribution is 5.73. The minimum atomic E-state index is -0.373. The van der Waals surface area contributed by atoms with E-state index in [1.807, 2.05) is 12.1 Å². The van der Waals surface area contributed by atoms with Gasteiger partial charge >= 0.3 is 5.76 Å². The number of fused-ring (bicyclic) bond motifs is 2. The SMILES string of the molecule is CCNC(c1ccc2[nH]c(=O)oc2c1)C1C2CCCCC21. The molecule has 21 heavy (non-hydrogen) atoms. The van der Waals surface area contributed by atoms with Crippen LogP contribution in [0.25, 0.3) is 11.1 Å². The third-order valence-electron chi connectivity index (χ3n) is 5.34. The molecule has 4 heteroatoms. The molecule has 1 aromatic carbocycles. The molecule has 0 radical (unpaired) electrons. The number of aromatic amines is 1. The number of oxazole rings is 1. The van der Waals surface area contributed by atoms with Gasteiger partial charge < -0.3 is 9.73 Å². The Morgan fingerprint density at radius 2 is 2.10 bits per heavy atom. The second-order valence-corrected chi connectivity index (χ2v) is 6.49. The van der Waals surface area contributed by atoms with Gasteiger partial charge in [0, 0.05) is 6.04 Å². The van der Waals surface area contributed by atoms with E-state index in [1.165, 1.54) is 31.2 Å². The molecule has 2 saturated carbocycles. The minimum Gasteiger partial charge on any atom is -0.408 e. The number of hydrogen-bond donors (Lipinski definition) is 2. The van der Waals surface area contributed by atoms with Crippen LogP contribution in [0.5, 0.6) is 0 Å². The zero-order chi connectivity index (χ0) is 14.4. The Kier molecular flexibility index (Phi) is 3.14. The van der Waals surface area contributed by atoms with Gasteiger partial charge in [-0.2, -0.15) is 0 Å². The Labute approximate surface area is 123 Å². The molecule has 3 unspecified atom stereocenters. The highest BCUT2D eigenvalue weighted by Gasteiger charge is 2.54. The van der Waals surface area contributed by atoms with Crippen molar-refractivity contribution in [1.82, 2.24) is 10.3 Å². The highest BCUT2D eigenvalue weighted by Crippen LogP contribution is 2.60. The number of H-pyrrole nitrogens is 1. The van der Waals surface area contributed by atoms with E-state index in [9.17, 15) is 4.79 Å². The molecule has 0 amide bonds. The van der Waals surface area contributed by atoms with E-state index in [2.05, 4.69) is 23.3 Å². The molecule has 2 fully saturated rings. The van der Waals surface area contributed by atoms with Gasteiger partial charge in [0.2, 0.25) is 0 Å². The lowest BCUT2D eigenvalue weighted by Crippen LogP contribution is -2.23. The molecule has 2 aromatic rings. The van der Waals surface area contributed by atoms with Crippen LogP contribution in [0.1, 0.15) is 44.2 Å². The van der Waals surface area contributed by atoms with Crippen molar-refractivity contribution < 1.29 is 4.42 Å². The molecule has 112 valence electrons. The van der Waals surface area contributed by atoms with Gasteiger partial charge in [-0.15, -0.1) is 0 Å². The molecule has 4 nitrogen and oxygen atoms in total. The fourth-order valence-corrected chi connectivity index (χ4v) is 4.39. The van der Waals surface area contributed by atoms with Gasteiger partial charge in [-0.25, -0.2) is 4.79 Å². The van der Waals surface area contributed by atoms with Crippen LogP contribution in [0.15, 0.2) is 27.4 Å². The average molecular weight is 286 g/mol. The fraction of sp³-hybridized carbons (Fsp3) is 0.588. The number of hydrogen-bond acceptors (Lipinski definition) is 3. The summed E-state index contributed by atoms with van der Waals surface area (Å²) in [6, 6.07) is 6.52. The molecule has 1 heterocycles. The van der Waals surface area contributed by atoms with E-state index in [-0.39, 0.29) is 5.76 Å². The van der Waals surface area contributed by atoms with Crippen molar-refractivity contribution in [2.24, 2.45) is 17.8 Å². The summed E-state index contributed by atoms with van der Waals surface area (Å²) in [6.45, 7) is 3.13. The van der Waals surface area contributed by atoms with Gasteiger partial charge in [0.25, 0.3) is 0 Å². The van der Waals surface area contributed by atoms with E-state index < -0.39 is 0 Å². The van der Waals surface area contributed by atoms with Gasteiger partial charge in [-0.1, -0.05) is 25.8 Å². The summed E-state index contributed by atoms with van der Waals surface area (Å²) in [6.07, 6.45) is 5.56. The first kappa shape index (κ1) is 13.1. The first-order chi connectivity index (χ1) is 10.3. The van der Waals surface area contributed by atoms with E-state index >= 15 is 0 Å².